The number of nitriles is 1. The minimum absolute atomic E-state index is 0.235. The number of nitrogens with one attached hydrogen (secondary N) is 1. The highest BCUT2D eigenvalue weighted by Crippen LogP contribution is 2.31. The number of hydrogen-bond donors (Lipinski definition) is 1. The molecule has 1 unspecified atom stereocenters. The average molecular weight is 305 g/mol. The lowest BCUT2D eigenvalue weighted by Crippen LogP contribution is -2.42. The molecule has 3 heterocycles. The van der Waals surface area contributed by atoms with Crippen LogP contribution in [0.2, 0.25) is 0 Å². The lowest BCUT2D eigenvalue weighted by Gasteiger charge is -2.29. The molecule has 23 heavy (non-hydrogen) atoms. The monoisotopic (exact) mass is 305 g/mol. The van der Waals surface area contributed by atoms with Gasteiger partial charge in [-0.2, -0.15) is 5.26 Å². The summed E-state index contributed by atoms with van der Waals surface area (Å²) in [5.41, 5.74) is 2.40. The summed E-state index contributed by atoms with van der Waals surface area (Å²) >= 11 is 0. The predicted octanol–water partition coefficient (Wildman–Crippen LogP) is 3.28. The van der Waals surface area contributed by atoms with Crippen molar-refractivity contribution in [2.45, 2.75) is 43.9 Å². The summed E-state index contributed by atoms with van der Waals surface area (Å²) in [6.45, 7) is 0. The zero-order chi connectivity index (χ0) is 15.6. The first-order valence-electron chi connectivity index (χ1n) is 8.19. The van der Waals surface area contributed by atoms with Gasteiger partial charge in [0, 0.05) is 23.8 Å². The largest absolute Gasteiger partial charge is 0.490 e. The number of fused-ring (bicyclic) bond motifs is 2. The maximum Gasteiger partial charge on any atom is 0.121 e. The van der Waals surface area contributed by atoms with Gasteiger partial charge in [0.25, 0.3) is 0 Å². The van der Waals surface area contributed by atoms with Gasteiger partial charge in [-0.05, 0) is 56.0 Å². The van der Waals surface area contributed by atoms with Gasteiger partial charge in [-0.3, -0.25) is 4.98 Å². The smallest absolute Gasteiger partial charge is 0.121 e. The van der Waals surface area contributed by atoms with Gasteiger partial charge < -0.3 is 10.1 Å². The fourth-order valence-electron chi connectivity index (χ4n) is 3.71. The van der Waals surface area contributed by atoms with E-state index >= 15 is 0 Å². The summed E-state index contributed by atoms with van der Waals surface area (Å²) in [5, 5.41) is 12.9. The lowest BCUT2D eigenvalue weighted by atomic mass is 10.0. The first-order valence-corrected chi connectivity index (χ1v) is 8.19. The number of pyridine rings is 1. The highest BCUT2D eigenvalue weighted by Gasteiger charge is 2.34. The molecule has 2 aliphatic heterocycles. The zero-order valence-electron chi connectivity index (χ0n) is 12.9. The van der Waals surface area contributed by atoms with Crippen LogP contribution >= 0.6 is 0 Å². The van der Waals surface area contributed by atoms with E-state index < -0.39 is 0 Å². The van der Waals surface area contributed by atoms with E-state index in [1.54, 1.807) is 6.20 Å². The highest BCUT2D eigenvalue weighted by molar-refractivity contribution is 5.63. The number of ether oxygens (including phenoxy) is 1. The molecule has 0 radical (unpaired) electrons. The molecule has 0 saturated carbocycles. The summed E-state index contributed by atoms with van der Waals surface area (Å²) < 4.78 is 6.22. The van der Waals surface area contributed by atoms with Gasteiger partial charge in [-0.1, -0.05) is 6.07 Å². The van der Waals surface area contributed by atoms with Crippen molar-refractivity contribution in [3.05, 3.63) is 48.2 Å². The third kappa shape index (κ3) is 3.06. The number of hydrogen-bond acceptors (Lipinski definition) is 4. The van der Waals surface area contributed by atoms with Crippen molar-refractivity contribution in [1.29, 1.82) is 5.26 Å². The van der Waals surface area contributed by atoms with E-state index in [2.05, 4.69) is 16.4 Å². The standard InChI is InChI=1S/C19H19N3O/c20-12-13-7-14(19-3-1-2-6-21-19)9-17(8-13)23-18-10-15-4-5-16(11-18)22-15/h1-3,6-9,15-16,18,22H,4-5,10-11H2/t15-,16+,18?. The molecule has 4 nitrogen and oxygen atoms in total. The van der Waals surface area contributed by atoms with Gasteiger partial charge in [-0.25, -0.2) is 0 Å². The summed E-state index contributed by atoms with van der Waals surface area (Å²) in [5.74, 6) is 0.774. The number of piperidine rings is 1. The predicted molar refractivity (Wildman–Crippen MR) is 88.0 cm³/mol. The van der Waals surface area contributed by atoms with Gasteiger partial charge in [0.15, 0.2) is 0 Å². The van der Waals surface area contributed by atoms with Crippen LogP contribution in [0.5, 0.6) is 5.75 Å². The first-order chi connectivity index (χ1) is 11.3. The second kappa shape index (κ2) is 6.02. The number of nitrogens with zero attached hydrogens (tertiary/aromatic N) is 2. The molecule has 4 rings (SSSR count). The number of benzene rings is 1. The molecule has 2 bridgehead atoms. The molecule has 0 aliphatic carbocycles. The van der Waals surface area contributed by atoms with E-state index in [0.29, 0.717) is 17.6 Å². The van der Waals surface area contributed by atoms with Crippen LogP contribution in [-0.2, 0) is 0 Å². The van der Waals surface area contributed by atoms with Crippen LogP contribution in [0.4, 0.5) is 0 Å². The lowest BCUT2D eigenvalue weighted by molar-refractivity contribution is 0.137. The molecule has 1 N–H and O–H groups in total. The number of rotatable bonds is 3. The minimum atomic E-state index is 0.235. The van der Waals surface area contributed by atoms with Gasteiger partial charge in [-0.15, -0.1) is 0 Å². The molecule has 3 atom stereocenters. The molecular formula is C19H19N3O. The molecule has 4 heteroatoms. The Hall–Kier alpha value is -2.38. The SMILES string of the molecule is N#Cc1cc(OC2C[C@H]3CC[C@@H](C2)N3)cc(-c2ccccn2)c1. The van der Waals surface area contributed by atoms with E-state index in [1.165, 1.54) is 12.8 Å². The normalized spacial score (nSPS) is 25.8. The van der Waals surface area contributed by atoms with Crippen molar-refractivity contribution in [1.82, 2.24) is 10.3 Å². The Balaban J connectivity index is 1.60. The summed E-state index contributed by atoms with van der Waals surface area (Å²) in [4.78, 5) is 4.37. The summed E-state index contributed by atoms with van der Waals surface area (Å²) in [7, 11) is 0. The molecule has 2 aliphatic rings. The van der Waals surface area contributed by atoms with E-state index in [4.69, 9.17) is 4.74 Å². The van der Waals surface area contributed by atoms with Crippen LogP contribution in [0.3, 0.4) is 0 Å². The van der Waals surface area contributed by atoms with Crippen LogP contribution < -0.4 is 10.1 Å². The van der Waals surface area contributed by atoms with Crippen LogP contribution in [-0.4, -0.2) is 23.2 Å². The molecule has 1 aromatic heterocycles. The van der Waals surface area contributed by atoms with E-state index in [1.807, 2.05) is 36.4 Å². The van der Waals surface area contributed by atoms with Crippen molar-refractivity contribution < 1.29 is 4.74 Å². The molecule has 1 aromatic carbocycles. The third-order valence-corrected chi connectivity index (χ3v) is 4.73. The molecule has 2 fully saturated rings. The third-order valence-electron chi connectivity index (χ3n) is 4.73. The molecule has 0 spiro atoms. The Morgan fingerprint density at radius 3 is 2.65 bits per heavy atom. The van der Waals surface area contributed by atoms with E-state index in [-0.39, 0.29) is 6.10 Å². The molecule has 2 aromatic rings. The fourth-order valence-corrected chi connectivity index (χ4v) is 3.71. The van der Waals surface area contributed by atoms with Crippen molar-refractivity contribution in [2.24, 2.45) is 0 Å². The van der Waals surface area contributed by atoms with E-state index in [0.717, 1.165) is 29.8 Å². The van der Waals surface area contributed by atoms with Crippen molar-refractivity contribution in [2.75, 3.05) is 0 Å². The highest BCUT2D eigenvalue weighted by atomic mass is 16.5. The maximum absolute atomic E-state index is 9.30. The Bertz CT molecular complexity index is 726. The first kappa shape index (κ1) is 14.2. The zero-order valence-corrected chi connectivity index (χ0v) is 12.9. The van der Waals surface area contributed by atoms with Crippen LogP contribution in [0, 0.1) is 11.3 Å². The average Bonchev–Trinajstić information content (AvgIpc) is 2.94. The van der Waals surface area contributed by atoms with Crippen molar-refractivity contribution >= 4 is 0 Å². The molecule has 2 saturated heterocycles. The molecule has 116 valence electrons. The Labute approximate surface area is 136 Å². The van der Waals surface area contributed by atoms with Crippen LogP contribution in [0.25, 0.3) is 11.3 Å². The van der Waals surface area contributed by atoms with Gasteiger partial charge in [0.2, 0.25) is 0 Å². The van der Waals surface area contributed by atoms with Gasteiger partial charge in [0.05, 0.1) is 17.3 Å². The molecule has 0 amide bonds. The Kier molecular flexibility index (Phi) is 3.72. The minimum Gasteiger partial charge on any atom is -0.490 e. The van der Waals surface area contributed by atoms with Gasteiger partial charge in [0.1, 0.15) is 11.9 Å². The second-order valence-corrected chi connectivity index (χ2v) is 6.42. The van der Waals surface area contributed by atoms with Crippen molar-refractivity contribution in [3.8, 4) is 23.1 Å². The summed E-state index contributed by atoms with van der Waals surface area (Å²) in [6, 6.07) is 14.9. The van der Waals surface area contributed by atoms with E-state index in [9.17, 15) is 5.26 Å². The Morgan fingerprint density at radius 2 is 1.96 bits per heavy atom. The Morgan fingerprint density at radius 1 is 1.13 bits per heavy atom. The van der Waals surface area contributed by atoms with Gasteiger partial charge >= 0.3 is 0 Å². The second-order valence-electron chi connectivity index (χ2n) is 6.42. The van der Waals surface area contributed by atoms with Crippen LogP contribution in [0.15, 0.2) is 42.6 Å². The van der Waals surface area contributed by atoms with Crippen molar-refractivity contribution in [3.63, 3.8) is 0 Å². The quantitative estimate of drug-likeness (QED) is 0.945. The molecular weight excluding hydrogens is 286 g/mol. The fraction of sp³-hybridized carbons (Fsp3) is 0.368. The van der Waals surface area contributed by atoms with Crippen LogP contribution in [0.1, 0.15) is 31.2 Å². The topological polar surface area (TPSA) is 57.9 Å². The maximum atomic E-state index is 9.30. The summed E-state index contributed by atoms with van der Waals surface area (Å²) in [6.07, 6.45) is 6.60. The number of aromatic nitrogens is 1.